The van der Waals surface area contributed by atoms with Gasteiger partial charge >= 0.3 is 0 Å². The molecule has 0 aromatic carbocycles. The van der Waals surface area contributed by atoms with Crippen molar-refractivity contribution in [3.8, 4) is 0 Å². The van der Waals surface area contributed by atoms with Gasteiger partial charge in [0.2, 0.25) is 0 Å². The van der Waals surface area contributed by atoms with Crippen molar-refractivity contribution in [1.82, 2.24) is 0 Å². The minimum Gasteiger partial charge on any atom is -0.382 e. The Morgan fingerprint density at radius 1 is 1.00 bits per heavy atom. The van der Waals surface area contributed by atoms with Crippen LogP contribution in [0, 0.1) is 0 Å². The van der Waals surface area contributed by atoms with Crippen LogP contribution in [0.5, 0.6) is 0 Å². The third kappa shape index (κ3) is 6.02. The van der Waals surface area contributed by atoms with Crippen LogP contribution in [-0.2, 0) is 9.57 Å². The number of nitrogens with zero attached hydrogens (tertiary/aromatic N) is 1. The summed E-state index contributed by atoms with van der Waals surface area (Å²) in [7, 11) is 2.11. The van der Waals surface area contributed by atoms with Crippen molar-refractivity contribution in [1.29, 1.82) is 0 Å². The van der Waals surface area contributed by atoms with Gasteiger partial charge in [-0.1, -0.05) is 0 Å². The number of ether oxygens (including phenoxy) is 1. The van der Waals surface area contributed by atoms with E-state index < -0.39 is 0 Å². The largest absolute Gasteiger partial charge is 0.382 e. The second kappa shape index (κ2) is 7.30. The summed E-state index contributed by atoms with van der Waals surface area (Å²) < 4.78 is 5.93. The van der Waals surface area contributed by atoms with E-state index in [0.717, 1.165) is 39.3 Å². The van der Waals surface area contributed by atoms with Crippen molar-refractivity contribution in [2.24, 2.45) is 0 Å². The molecule has 80 valence electrons. The van der Waals surface area contributed by atoms with E-state index in [1.165, 1.54) is 0 Å². The first kappa shape index (κ1) is 12.9. The Balaban J connectivity index is 3.39. The van der Waals surface area contributed by atoms with E-state index in [2.05, 4.69) is 20.9 Å². The van der Waals surface area contributed by atoms with Crippen LogP contribution in [-0.4, -0.2) is 44.6 Å². The summed E-state index contributed by atoms with van der Waals surface area (Å²) in [4.78, 5) is 5.73. The van der Waals surface area contributed by atoms with Crippen LogP contribution in [0.2, 0.25) is 0 Å². The minimum absolute atomic E-state index is 0.701. The van der Waals surface area contributed by atoms with Crippen LogP contribution in [0.25, 0.3) is 0 Å². The summed E-state index contributed by atoms with van der Waals surface area (Å²) in [5.74, 6) is 0. The van der Waals surface area contributed by atoms with Gasteiger partial charge in [0.25, 0.3) is 0 Å². The number of quaternary nitrogens is 1. The summed E-state index contributed by atoms with van der Waals surface area (Å²) in [6, 6.07) is 0. The first-order valence-corrected chi connectivity index (χ1v) is 5.25. The van der Waals surface area contributed by atoms with E-state index in [1.54, 1.807) is 0 Å². The first-order valence-electron chi connectivity index (χ1n) is 5.25. The second-order valence-electron chi connectivity index (χ2n) is 3.31. The summed E-state index contributed by atoms with van der Waals surface area (Å²) in [6.45, 7) is 10.7. The lowest BCUT2D eigenvalue weighted by Crippen LogP contribution is -2.43. The Morgan fingerprint density at radius 3 is 2.08 bits per heavy atom. The number of hydrogen-bond donors (Lipinski definition) is 0. The van der Waals surface area contributed by atoms with Crippen LogP contribution in [0.4, 0.5) is 0 Å². The molecular formula is C10H24NO2+. The third-order valence-electron chi connectivity index (χ3n) is 2.38. The quantitative estimate of drug-likeness (QED) is 0.330. The molecule has 0 aliphatic carbocycles. The van der Waals surface area contributed by atoms with Crippen molar-refractivity contribution in [3.05, 3.63) is 0 Å². The molecule has 0 N–H and O–H groups in total. The maximum atomic E-state index is 5.73. The second-order valence-corrected chi connectivity index (χ2v) is 3.31. The normalized spacial score (nSPS) is 12.0. The van der Waals surface area contributed by atoms with E-state index >= 15 is 0 Å². The third-order valence-corrected chi connectivity index (χ3v) is 2.38. The molecule has 3 nitrogen and oxygen atoms in total. The van der Waals surface area contributed by atoms with Gasteiger partial charge in [0.15, 0.2) is 0 Å². The lowest BCUT2D eigenvalue weighted by molar-refractivity contribution is -1.09. The van der Waals surface area contributed by atoms with Gasteiger partial charge in [-0.2, -0.15) is 4.65 Å². The molecule has 0 aliphatic heterocycles. The first-order chi connectivity index (χ1) is 6.18. The Morgan fingerprint density at radius 2 is 1.62 bits per heavy atom. The summed E-state index contributed by atoms with van der Waals surface area (Å²) >= 11 is 0. The predicted molar refractivity (Wildman–Crippen MR) is 54.3 cm³/mol. The van der Waals surface area contributed by atoms with Gasteiger partial charge in [0.05, 0.1) is 7.05 Å². The van der Waals surface area contributed by atoms with Crippen molar-refractivity contribution in [2.45, 2.75) is 27.2 Å². The van der Waals surface area contributed by atoms with Crippen LogP contribution in [0.3, 0.4) is 0 Å². The zero-order valence-corrected chi connectivity index (χ0v) is 9.51. The van der Waals surface area contributed by atoms with Crippen LogP contribution < -0.4 is 0 Å². The Bertz CT molecular complexity index is 113. The highest BCUT2D eigenvalue weighted by Crippen LogP contribution is 2.03. The highest BCUT2D eigenvalue weighted by atomic mass is 16.7. The van der Waals surface area contributed by atoms with Gasteiger partial charge in [0.1, 0.15) is 19.7 Å². The molecule has 0 spiro atoms. The SMILES string of the molecule is CCOCCCO[N+](C)(CC)CC. The van der Waals surface area contributed by atoms with E-state index in [-0.39, 0.29) is 0 Å². The molecule has 0 radical (unpaired) electrons. The van der Waals surface area contributed by atoms with Gasteiger partial charge in [-0.25, -0.2) is 4.84 Å². The molecule has 0 amide bonds. The molecule has 0 rings (SSSR count). The lowest BCUT2D eigenvalue weighted by Gasteiger charge is -2.28. The topological polar surface area (TPSA) is 18.5 Å². The Hall–Kier alpha value is -0.120. The summed E-state index contributed by atoms with van der Waals surface area (Å²) in [5.41, 5.74) is 0. The number of hydroxylamine groups is 3. The highest BCUT2D eigenvalue weighted by Gasteiger charge is 2.17. The van der Waals surface area contributed by atoms with Crippen molar-refractivity contribution < 1.29 is 14.2 Å². The number of hydrogen-bond acceptors (Lipinski definition) is 2. The van der Waals surface area contributed by atoms with Gasteiger partial charge in [-0.3, -0.25) is 0 Å². The molecule has 0 bridgehead atoms. The Labute approximate surface area is 82.2 Å². The molecule has 0 saturated carbocycles. The fourth-order valence-corrected chi connectivity index (χ4v) is 0.996. The van der Waals surface area contributed by atoms with Gasteiger partial charge in [-0.15, -0.1) is 0 Å². The van der Waals surface area contributed by atoms with Crippen LogP contribution in [0.1, 0.15) is 27.2 Å². The van der Waals surface area contributed by atoms with E-state index in [0.29, 0.717) is 4.65 Å². The molecular weight excluding hydrogens is 166 g/mol. The fourth-order valence-electron chi connectivity index (χ4n) is 0.996. The molecule has 0 heterocycles. The molecule has 0 aromatic rings. The van der Waals surface area contributed by atoms with Crippen molar-refractivity contribution in [2.75, 3.05) is 40.0 Å². The molecule has 0 aliphatic rings. The van der Waals surface area contributed by atoms with Crippen LogP contribution in [0.15, 0.2) is 0 Å². The number of rotatable bonds is 8. The summed E-state index contributed by atoms with van der Waals surface area (Å²) in [5, 5.41) is 0. The van der Waals surface area contributed by atoms with Crippen molar-refractivity contribution >= 4 is 0 Å². The van der Waals surface area contributed by atoms with Crippen molar-refractivity contribution in [3.63, 3.8) is 0 Å². The molecule has 3 heteroatoms. The maximum Gasteiger partial charge on any atom is 0.108 e. The average Bonchev–Trinajstić information content (AvgIpc) is 2.17. The van der Waals surface area contributed by atoms with Gasteiger partial charge < -0.3 is 4.74 Å². The zero-order valence-electron chi connectivity index (χ0n) is 9.51. The lowest BCUT2D eigenvalue weighted by atomic mass is 10.5. The molecule has 0 atom stereocenters. The maximum absolute atomic E-state index is 5.73. The molecule has 0 unspecified atom stereocenters. The monoisotopic (exact) mass is 190 g/mol. The molecule has 0 aromatic heterocycles. The summed E-state index contributed by atoms with van der Waals surface area (Å²) in [6.07, 6.45) is 0.988. The van der Waals surface area contributed by atoms with Gasteiger partial charge in [0, 0.05) is 19.6 Å². The van der Waals surface area contributed by atoms with Gasteiger partial charge in [-0.05, 0) is 20.8 Å². The highest BCUT2D eigenvalue weighted by molar-refractivity contribution is 4.30. The Kier molecular flexibility index (Phi) is 7.23. The smallest absolute Gasteiger partial charge is 0.108 e. The average molecular weight is 190 g/mol. The molecule has 0 fully saturated rings. The minimum atomic E-state index is 0.701. The van der Waals surface area contributed by atoms with E-state index in [1.807, 2.05) is 6.92 Å². The standard InChI is InChI=1S/C10H24NO2/c1-5-11(4,6-2)13-10-8-9-12-7-3/h5-10H2,1-4H3/q+1. The van der Waals surface area contributed by atoms with E-state index in [4.69, 9.17) is 9.57 Å². The fraction of sp³-hybridized carbons (Fsp3) is 1.00. The molecule has 0 saturated heterocycles. The molecule has 13 heavy (non-hydrogen) atoms. The van der Waals surface area contributed by atoms with E-state index in [9.17, 15) is 0 Å². The zero-order chi connectivity index (χ0) is 10.2. The van der Waals surface area contributed by atoms with Crippen LogP contribution >= 0.6 is 0 Å². The predicted octanol–water partition coefficient (Wildman–Crippen LogP) is 1.83.